The van der Waals surface area contributed by atoms with Crippen molar-refractivity contribution < 1.29 is 28.9 Å². The number of β-amino-alcohol motifs (C(OH)–C–C–N with tert-alkyl or cyclic N) is 1. The van der Waals surface area contributed by atoms with E-state index >= 15 is 0 Å². The molecule has 1 atom stereocenters. The molecule has 0 bridgehead atoms. The molecular weight excluding hydrogens is 466 g/mol. The third-order valence-corrected chi connectivity index (χ3v) is 8.16. The number of methoxy groups -OCH3 is 1. The number of likely N-dealkylation sites (tertiary alicyclic amines) is 1. The van der Waals surface area contributed by atoms with Gasteiger partial charge in [0.25, 0.3) is 0 Å². The van der Waals surface area contributed by atoms with Crippen LogP contribution in [0.3, 0.4) is 0 Å². The van der Waals surface area contributed by atoms with E-state index in [-0.39, 0.29) is 6.61 Å². The number of carbonyl (C=O) groups excluding carboxylic acids is 2. The molecule has 2 aromatic carbocycles. The number of nitrogens with zero attached hydrogens (tertiary/aromatic N) is 1. The lowest BCUT2D eigenvalue weighted by molar-refractivity contribution is -0.111. The van der Waals surface area contributed by atoms with E-state index in [4.69, 9.17) is 14.2 Å². The Bertz CT molecular complexity index is 1170. The van der Waals surface area contributed by atoms with Crippen LogP contribution < -0.4 is 9.47 Å². The second-order valence-corrected chi connectivity index (χ2v) is 10.4. The average Bonchev–Trinajstić information content (AvgIpc) is 2.88. The summed E-state index contributed by atoms with van der Waals surface area (Å²) in [5.41, 5.74) is 1.74. The number of fused-ring (bicyclic) bond motifs is 2. The number of piperidine rings is 1. The Hall–Kier alpha value is -2.81. The summed E-state index contributed by atoms with van der Waals surface area (Å²) in [6.45, 7) is 4.32. The van der Waals surface area contributed by atoms with Crippen molar-refractivity contribution in [1.29, 1.82) is 0 Å². The first-order chi connectivity index (χ1) is 16.9. The van der Waals surface area contributed by atoms with Gasteiger partial charge in [-0.25, -0.2) is 0 Å². The van der Waals surface area contributed by atoms with Gasteiger partial charge in [0, 0.05) is 49.4 Å². The normalized spacial score (nSPS) is 20.2. The number of aliphatic hydroxyl groups excluding tert-OH is 1. The zero-order chi connectivity index (χ0) is 24.6. The maximum atomic E-state index is 12.7. The Kier molecular flexibility index (Phi) is 6.61. The van der Waals surface area contributed by atoms with E-state index in [1.807, 2.05) is 31.2 Å². The van der Waals surface area contributed by atoms with Gasteiger partial charge < -0.3 is 24.2 Å². The van der Waals surface area contributed by atoms with Crippen molar-refractivity contribution in [2.45, 2.75) is 31.5 Å². The van der Waals surface area contributed by atoms with Gasteiger partial charge in [-0.1, -0.05) is 17.7 Å². The summed E-state index contributed by atoms with van der Waals surface area (Å²) < 4.78 is 17.6. The molecule has 8 heteroatoms. The largest absolute Gasteiger partial charge is 0.497 e. The van der Waals surface area contributed by atoms with Gasteiger partial charge >= 0.3 is 0 Å². The predicted molar refractivity (Wildman–Crippen MR) is 134 cm³/mol. The van der Waals surface area contributed by atoms with Crippen LogP contribution in [-0.4, -0.2) is 72.4 Å². The van der Waals surface area contributed by atoms with Crippen molar-refractivity contribution in [3.63, 3.8) is 0 Å². The first-order valence-electron chi connectivity index (χ1n) is 11.8. The Morgan fingerprint density at radius 2 is 1.77 bits per heavy atom. The maximum absolute atomic E-state index is 12.7. The van der Waals surface area contributed by atoms with Gasteiger partial charge in [-0.3, -0.25) is 9.59 Å². The molecule has 3 aliphatic rings. The van der Waals surface area contributed by atoms with Crippen molar-refractivity contribution >= 4 is 29.1 Å². The van der Waals surface area contributed by atoms with Gasteiger partial charge in [0.15, 0.2) is 0 Å². The van der Waals surface area contributed by atoms with Gasteiger partial charge in [0.1, 0.15) is 40.5 Å². The number of rotatable bonds is 6. The van der Waals surface area contributed by atoms with E-state index in [1.54, 1.807) is 25.3 Å². The fraction of sp³-hybridized carbons (Fsp3) is 0.407. The fourth-order valence-corrected chi connectivity index (χ4v) is 6.00. The van der Waals surface area contributed by atoms with E-state index < -0.39 is 23.3 Å². The van der Waals surface area contributed by atoms with Gasteiger partial charge in [-0.2, -0.15) is 0 Å². The van der Waals surface area contributed by atoms with Crippen LogP contribution in [0.1, 0.15) is 34.3 Å². The van der Waals surface area contributed by atoms with Crippen molar-refractivity contribution in [3.05, 3.63) is 64.1 Å². The number of allylic oxidation sites excluding steroid dienone is 1. The molecule has 1 fully saturated rings. The van der Waals surface area contributed by atoms with Crippen LogP contribution in [0.4, 0.5) is 0 Å². The summed E-state index contributed by atoms with van der Waals surface area (Å²) in [6.07, 6.45) is 0.940. The van der Waals surface area contributed by atoms with Crippen molar-refractivity contribution in [2.24, 2.45) is 0 Å². The lowest BCUT2D eigenvalue weighted by Gasteiger charge is -2.45. The van der Waals surface area contributed by atoms with Crippen LogP contribution in [0.25, 0.3) is 5.76 Å². The van der Waals surface area contributed by atoms with E-state index in [1.165, 1.54) is 11.8 Å². The predicted octanol–water partition coefficient (Wildman–Crippen LogP) is 3.48. The highest BCUT2D eigenvalue weighted by molar-refractivity contribution is 8.04. The Morgan fingerprint density at radius 1 is 1.06 bits per heavy atom. The number of ether oxygens (including phenoxy) is 3. The van der Waals surface area contributed by atoms with Crippen LogP contribution in [0.15, 0.2) is 47.4 Å². The Labute approximate surface area is 209 Å². The number of benzene rings is 2. The standard InChI is InChI=1S/C27H29NO6S/c1-17-3-5-19(6-4-17)33-15-18(29)14-28-11-9-27(10-12-28)16-35-26-24(31)23(30)21-8-7-20(32-2)13-22(21)25(26)34-27/h3-8,13,18,29H,9-12,14-16H2,1-2H3/t18-/m0/s1. The highest BCUT2D eigenvalue weighted by atomic mass is 32.2. The molecule has 0 unspecified atom stereocenters. The molecule has 0 aromatic heterocycles. The quantitative estimate of drug-likeness (QED) is 0.610. The summed E-state index contributed by atoms with van der Waals surface area (Å²) in [7, 11) is 1.57. The third-order valence-electron chi connectivity index (χ3n) is 6.83. The molecule has 5 rings (SSSR count). The number of carbonyl (C=O) groups is 2. The zero-order valence-corrected chi connectivity index (χ0v) is 20.7. The topological polar surface area (TPSA) is 85.3 Å². The summed E-state index contributed by atoms with van der Waals surface area (Å²) in [5, 5.41) is 10.5. The molecule has 0 saturated carbocycles. The Balaban J connectivity index is 1.22. The van der Waals surface area contributed by atoms with E-state index in [9.17, 15) is 14.7 Å². The average molecular weight is 496 g/mol. The molecule has 2 aromatic rings. The minimum Gasteiger partial charge on any atom is -0.497 e. The highest BCUT2D eigenvalue weighted by Crippen LogP contribution is 2.47. The van der Waals surface area contributed by atoms with E-state index in [0.29, 0.717) is 39.8 Å². The Morgan fingerprint density at radius 3 is 2.49 bits per heavy atom. The summed E-state index contributed by atoms with van der Waals surface area (Å²) in [5.74, 6) is 1.50. The molecule has 7 nitrogen and oxygen atoms in total. The molecule has 0 radical (unpaired) electrons. The number of aliphatic hydroxyl groups is 1. The van der Waals surface area contributed by atoms with Gasteiger partial charge in [0.05, 0.1) is 7.11 Å². The number of hydrogen-bond donors (Lipinski definition) is 1. The number of ketones is 2. The molecule has 35 heavy (non-hydrogen) atoms. The molecule has 1 saturated heterocycles. The van der Waals surface area contributed by atoms with Gasteiger partial charge in [-0.05, 0) is 37.3 Å². The van der Waals surface area contributed by atoms with Crippen molar-refractivity contribution in [1.82, 2.24) is 4.90 Å². The number of aryl methyl sites for hydroxylation is 1. The highest BCUT2D eigenvalue weighted by Gasteiger charge is 2.46. The van der Waals surface area contributed by atoms with Crippen LogP contribution in [0, 0.1) is 6.92 Å². The molecule has 184 valence electrons. The first-order valence-corrected chi connectivity index (χ1v) is 12.8. The summed E-state index contributed by atoms with van der Waals surface area (Å²) in [6, 6.07) is 12.9. The smallest absolute Gasteiger partial charge is 0.243 e. The maximum Gasteiger partial charge on any atom is 0.243 e. The lowest BCUT2D eigenvalue weighted by atomic mass is 9.89. The van der Waals surface area contributed by atoms with E-state index in [0.717, 1.165) is 37.2 Å². The fourth-order valence-electron chi connectivity index (χ4n) is 4.74. The van der Waals surface area contributed by atoms with Crippen LogP contribution >= 0.6 is 11.8 Å². The first kappa shape index (κ1) is 23.9. The molecule has 2 heterocycles. The molecule has 1 N–H and O–H groups in total. The summed E-state index contributed by atoms with van der Waals surface area (Å²) in [4.78, 5) is 27.9. The minimum atomic E-state index is -0.595. The second kappa shape index (κ2) is 9.68. The van der Waals surface area contributed by atoms with Crippen molar-refractivity contribution in [2.75, 3.05) is 39.1 Å². The molecule has 1 spiro atoms. The van der Waals surface area contributed by atoms with Crippen LogP contribution in [0.2, 0.25) is 0 Å². The lowest BCUT2D eigenvalue weighted by Crippen LogP contribution is -2.51. The third kappa shape index (κ3) is 4.83. The molecule has 0 amide bonds. The monoisotopic (exact) mass is 495 g/mol. The van der Waals surface area contributed by atoms with E-state index in [2.05, 4.69) is 4.90 Å². The molecule has 2 aliphatic heterocycles. The molecule has 1 aliphatic carbocycles. The SMILES string of the molecule is COc1ccc2c(c1)C1=C(SCC3(CCN(C[C@H](O)COc4ccc(C)cc4)CC3)O1)C(=O)C2=O. The minimum absolute atomic E-state index is 0.238. The molecular formula is C27H29NO6S. The second-order valence-electron chi connectivity index (χ2n) is 9.38. The number of Topliss-reactive ketones (excluding diaryl/α,β-unsaturated/α-hetero) is 2. The number of hydrogen-bond acceptors (Lipinski definition) is 8. The number of thioether (sulfide) groups is 1. The van der Waals surface area contributed by atoms with Crippen molar-refractivity contribution in [3.8, 4) is 11.5 Å². The van der Waals surface area contributed by atoms with Gasteiger partial charge in [0.2, 0.25) is 11.6 Å². The summed E-state index contributed by atoms with van der Waals surface area (Å²) >= 11 is 1.42. The van der Waals surface area contributed by atoms with Crippen LogP contribution in [0.5, 0.6) is 11.5 Å². The zero-order valence-electron chi connectivity index (χ0n) is 19.9. The van der Waals surface area contributed by atoms with Gasteiger partial charge in [-0.15, -0.1) is 11.8 Å². The van der Waals surface area contributed by atoms with Crippen LogP contribution in [-0.2, 0) is 9.53 Å².